The Hall–Kier alpha value is -2.43. The third-order valence-corrected chi connectivity index (χ3v) is 5.76. The highest BCUT2D eigenvalue weighted by Crippen LogP contribution is 2.40. The molecular weight excluding hydrogens is 460 g/mol. The lowest BCUT2D eigenvalue weighted by atomic mass is 10.0. The second kappa shape index (κ2) is 10.0. The van der Waals surface area contributed by atoms with Crippen molar-refractivity contribution >= 4 is 52.5 Å². The smallest absolute Gasteiger partial charge is 0.303 e. The minimum absolute atomic E-state index is 0.140. The number of carbonyl (C=O) groups is 3. The van der Waals surface area contributed by atoms with Crippen molar-refractivity contribution in [3.8, 4) is 0 Å². The van der Waals surface area contributed by atoms with Crippen LogP contribution >= 0.6 is 23.8 Å². The van der Waals surface area contributed by atoms with Crippen LogP contribution in [0.15, 0.2) is 18.2 Å². The van der Waals surface area contributed by atoms with E-state index in [4.69, 9.17) is 42.8 Å². The van der Waals surface area contributed by atoms with Gasteiger partial charge in [0.25, 0.3) is 0 Å². The van der Waals surface area contributed by atoms with Crippen molar-refractivity contribution in [1.82, 2.24) is 5.32 Å². The number of para-hydroxylation sites is 1. The number of nitrogens with one attached hydrogen (secondary N) is 1. The maximum Gasteiger partial charge on any atom is 0.303 e. The van der Waals surface area contributed by atoms with Gasteiger partial charge in [0.05, 0.1) is 10.7 Å². The number of anilines is 1. The van der Waals surface area contributed by atoms with Crippen LogP contribution in [0.25, 0.3) is 0 Å². The average molecular weight is 485 g/mol. The number of esters is 3. The van der Waals surface area contributed by atoms with Crippen molar-refractivity contribution < 1.29 is 33.3 Å². The topological polar surface area (TPSA) is 103 Å². The molecule has 2 aliphatic heterocycles. The van der Waals surface area contributed by atoms with Gasteiger partial charge in [-0.05, 0) is 30.8 Å². The first kappa shape index (κ1) is 24.2. The SMILES string of the molecule is CC(=O)OC[C@@H](C[C@H]1O[C@H]2[C@H](NC(=S)N2c2c(C)cccc2Cl)[C@H]1OC(C)=O)OC(C)=O. The number of benzene rings is 1. The van der Waals surface area contributed by atoms with Crippen LogP contribution in [-0.2, 0) is 33.3 Å². The quantitative estimate of drug-likeness (QED) is 0.352. The van der Waals surface area contributed by atoms with E-state index in [0.29, 0.717) is 15.8 Å². The maximum atomic E-state index is 11.8. The van der Waals surface area contributed by atoms with E-state index in [1.807, 2.05) is 19.1 Å². The molecule has 174 valence electrons. The van der Waals surface area contributed by atoms with Gasteiger partial charge in [0.15, 0.2) is 17.4 Å². The van der Waals surface area contributed by atoms with Gasteiger partial charge in [-0.15, -0.1) is 0 Å². The van der Waals surface area contributed by atoms with E-state index in [9.17, 15) is 14.4 Å². The third-order valence-electron chi connectivity index (χ3n) is 5.14. The Morgan fingerprint density at radius 3 is 2.53 bits per heavy atom. The van der Waals surface area contributed by atoms with Gasteiger partial charge in [0.2, 0.25) is 0 Å². The molecule has 32 heavy (non-hydrogen) atoms. The minimum atomic E-state index is -0.777. The first-order valence-corrected chi connectivity index (χ1v) is 10.8. The molecule has 0 amide bonds. The van der Waals surface area contributed by atoms with Gasteiger partial charge in [-0.25, -0.2) is 0 Å². The summed E-state index contributed by atoms with van der Waals surface area (Å²) in [7, 11) is 0. The molecule has 2 saturated heterocycles. The molecule has 1 N–H and O–H groups in total. The lowest BCUT2D eigenvalue weighted by Gasteiger charge is -2.28. The van der Waals surface area contributed by atoms with Crippen LogP contribution in [-0.4, -0.2) is 60.2 Å². The van der Waals surface area contributed by atoms with Crippen molar-refractivity contribution in [3.63, 3.8) is 0 Å². The molecule has 2 aliphatic rings. The van der Waals surface area contributed by atoms with Crippen molar-refractivity contribution in [2.75, 3.05) is 11.5 Å². The van der Waals surface area contributed by atoms with Crippen LogP contribution in [0.1, 0.15) is 32.8 Å². The number of carbonyl (C=O) groups excluding carboxylic acids is 3. The predicted molar refractivity (Wildman–Crippen MR) is 119 cm³/mol. The van der Waals surface area contributed by atoms with Gasteiger partial charge in [-0.3, -0.25) is 19.3 Å². The van der Waals surface area contributed by atoms with Crippen molar-refractivity contribution in [2.45, 2.75) is 64.7 Å². The third kappa shape index (κ3) is 5.31. The number of ether oxygens (including phenoxy) is 4. The Balaban J connectivity index is 1.88. The number of halogens is 1. The number of nitrogens with zero attached hydrogens (tertiary/aromatic N) is 1. The lowest BCUT2D eigenvalue weighted by Crippen LogP contribution is -2.44. The molecular formula is C21H25ClN2O7S. The average Bonchev–Trinajstić information content (AvgIpc) is 3.15. The highest BCUT2D eigenvalue weighted by Gasteiger charge is 2.55. The fraction of sp³-hybridized carbons (Fsp3) is 0.524. The zero-order valence-corrected chi connectivity index (χ0v) is 19.7. The number of thiocarbonyl (C=S) groups is 1. The molecule has 0 saturated carbocycles. The van der Waals surface area contributed by atoms with Crippen LogP contribution in [0.3, 0.4) is 0 Å². The molecule has 2 fully saturated rings. The molecule has 0 radical (unpaired) electrons. The Morgan fingerprint density at radius 1 is 1.22 bits per heavy atom. The van der Waals surface area contributed by atoms with E-state index in [1.54, 1.807) is 11.0 Å². The molecule has 9 nitrogen and oxygen atoms in total. The second-order valence-electron chi connectivity index (χ2n) is 7.66. The number of fused-ring (bicyclic) bond motifs is 1. The number of rotatable bonds is 7. The largest absolute Gasteiger partial charge is 0.462 e. The zero-order chi connectivity index (χ0) is 23.6. The standard InChI is InChI=1S/C21H25ClN2O7S/c1-10-6-5-7-15(22)18(10)24-20-17(23-21(24)32)19(30-13(4)27)16(31-20)8-14(29-12(3)26)9-28-11(2)25/h5-7,14,16-17,19-20H,8-9H2,1-4H3,(H,23,32)/t14-,16-,17-,19+,20+/m1/s1. The van der Waals surface area contributed by atoms with Crippen molar-refractivity contribution in [1.29, 1.82) is 0 Å². The zero-order valence-electron chi connectivity index (χ0n) is 18.1. The molecule has 3 rings (SSSR count). The summed E-state index contributed by atoms with van der Waals surface area (Å²) in [5, 5.41) is 4.06. The first-order valence-electron chi connectivity index (χ1n) is 10.1. The molecule has 0 unspecified atom stereocenters. The molecule has 0 aromatic heterocycles. The molecule has 0 bridgehead atoms. The van der Waals surface area contributed by atoms with E-state index in [0.717, 1.165) is 5.56 Å². The Bertz CT molecular complexity index is 907. The molecule has 0 aliphatic carbocycles. The number of aryl methyl sites for hydroxylation is 1. The van der Waals surface area contributed by atoms with Crippen LogP contribution < -0.4 is 10.2 Å². The van der Waals surface area contributed by atoms with E-state index >= 15 is 0 Å². The number of hydrogen-bond donors (Lipinski definition) is 1. The maximum absolute atomic E-state index is 11.8. The summed E-state index contributed by atoms with van der Waals surface area (Å²) in [6, 6.07) is 5.03. The van der Waals surface area contributed by atoms with Crippen molar-refractivity contribution in [3.05, 3.63) is 28.8 Å². The van der Waals surface area contributed by atoms with Crippen molar-refractivity contribution in [2.24, 2.45) is 0 Å². The first-order chi connectivity index (χ1) is 15.1. The molecule has 11 heteroatoms. The summed E-state index contributed by atoms with van der Waals surface area (Å²) in [6.07, 6.45) is -2.63. The summed E-state index contributed by atoms with van der Waals surface area (Å²) in [5.41, 5.74) is 1.59. The predicted octanol–water partition coefficient (Wildman–Crippen LogP) is 2.25. The van der Waals surface area contributed by atoms with Gasteiger partial charge >= 0.3 is 17.9 Å². The molecule has 1 aromatic carbocycles. The summed E-state index contributed by atoms with van der Waals surface area (Å²) in [6.45, 7) is 5.59. The monoisotopic (exact) mass is 484 g/mol. The fourth-order valence-electron chi connectivity index (χ4n) is 3.98. The summed E-state index contributed by atoms with van der Waals surface area (Å²) < 4.78 is 22.2. The van der Waals surface area contributed by atoms with Gasteiger partial charge in [-0.2, -0.15) is 0 Å². The Kier molecular flexibility index (Phi) is 7.58. The molecule has 2 heterocycles. The highest BCUT2D eigenvalue weighted by atomic mass is 35.5. The second-order valence-corrected chi connectivity index (χ2v) is 8.45. The van der Waals surface area contributed by atoms with E-state index in [1.165, 1.54) is 20.8 Å². The fourth-order valence-corrected chi connectivity index (χ4v) is 4.62. The van der Waals surface area contributed by atoms with Gasteiger partial charge in [0.1, 0.15) is 24.9 Å². The summed E-state index contributed by atoms with van der Waals surface area (Å²) in [4.78, 5) is 36.4. The molecule has 1 aromatic rings. The number of hydrogen-bond acceptors (Lipinski definition) is 8. The summed E-state index contributed by atoms with van der Waals surface area (Å²) in [5.74, 6) is -1.53. The van der Waals surface area contributed by atoms with Gasteiger partial charge < -0.3 is 24.3 Å². The summed E-state index contributed by atoms with van der Waals surface area (Å²) >= 11 is 12.0. The van der Waals surface area contributed by atoms with E-state index in [2.05, 4.69) is 5.32 Å². The Labute approximate surface area is 196 Å². The molecule has 5 atom stereocenters. The van der Waals surface area contributed by atoms with Gasteiger partial charge in [-0.1, -0.05) is 23.7 Å². The van der Waals surface area contributed by atoms with E-state index < -0.39 is 48.5 Å². The molecule has 0 spiro atoms. The lowest BCUT2D eigenvalue weighted by molar-refractivity contribution is -0.161. The van der Waals surface area contributed by atoms with Gasteiger partial charge in [0, 0.05) is 27.2 Å². The van der Waals surface area contributed by atoms with Crippen LogP contribution in [0.5, 0.6) is 0 Å². The minimum Gasteiger partial charge on any atom is -0.462 e. The van der Waals surface area contributed by atoms with Crippen LogP contribution in [0.4, 0.5) is 5.69 Å². The highest BCUT2D eigenvalue weighted by molar-refractivity contribution is 7.80. The van der Waals surface area contributed by atoms with Crippen LogP contribution in [0, 0.1) is 6.92 Å². The van der Waals surface area contributed by atoms with Crippen LogP contribution in [0.2, 0.25) is 5.02 Å². The Morgan fingerprint density at radius 2 is 1.94 bits per heavy atom. The van der Waals surface area contributed by atoms with E-state index in [-0.39, 0.29) is 13.0 Å². The normalized spacial score (nSPS) is 25.0.